The van der Waals surface area contributed by atoms with E-state index >= 15 is 0 Å². The normalized spacial score (nSPS) is 23.7. The highest BCUT2D eigenvalue weighted by atomic mass is 16.6. The van der Waals surface area contributed by atoms with Crippen LogP contribution < -0.4 is 15.4 Å². The Bertz CT molecular complexity index is 1150. The SMILES string of the molecule is Cc1ccc2nc(CCCCC[C@@H]3C[C@H]3OC(=O)NC(C(=O)O)C(C)(C)C)c(OC3CN[C@H](C)C3)nc2c1. The van der Waals surface area contributed by atoms with Crippen molar-refractivity contribution < 1.29 is 24.2 Å². The van der Waals surface area contributed by atoms with Crippen molar-refractivity contribution in [2.24, 2.45) is 11.3 Å². The fourth-order valence-electron chi connectivity index (χ4n) is 5.06. The van der Waals surface area contributed by atoms with E-state index in [-0.39, 0.29) is 12.2 Å². The number of carboxylic acid groups (broad SMARTS) is 1. The van der Waals surface area contributed by atoms with Gasteiger partial charge in [-0.05, 0) is 68.6 Å². The van der Waals surface area contributed by atoms with Gasteiger partial charge in [-0.2, -0.15) is 0 Å². The van der Waals surface area contributed by atoms with Gasteiger partial charge in [-0.25, -0.2) is 19.6 Å². The van der Waals surface area contributed by atoms with Crippen molar-refractivity contribution in [1.29, 1.82) is 0 Å². The number of benzene rings is 1. The second-order valence-electron chi connectivity index (χ2n) is 12.1. The molecule has 2 unspecified atom stereocenters. The smallest absolute Gasteiger partial charge is 0.408 e. The highest BCUT2D eigenvalue weighted by Gasteiger charge is 2.41. The molecule has 5 atom stereocenters. The maximum atomic E-state index is 12.2. The van der Waals surface area contributed by atoms with E-state index in [9.17, 15) is 14.7 Å². The molecule has 2 aromatic rings. The number of carbonyl (C=O) groups excluding carboxylic acids is 1. The number of fused-ring (bicyclic) bond motifs is 1. The number of aliphatic carboxylic acids is 1. The molecule has 1 aliphatic heterocycles. The van der Waals surface area contributed by atoms with Gasteiger partial charge in [-0.1, -0.05) is 39.7 Å². The number of amides is 1. The molecule has 38 heavy (non-hydrogen) atoms. The van der Waals surface area contributed by atoms with Crippen molar-refractivity contribution in [1.82, 2.24) is 20.6 Å². The van der Waals surface area contributed by atoms with Crippen molar-refractivity contribution in [3.8, 4) is 5.88 Å². The number of carbonyl (C=O) groups is 2. The Labute approximate surface area is 225 Å². The molecule has 1 amide bonds. The molecule has 208 valence electrons. The second kappa shape index (κ2) is 11.8. The first-order valence-corrected chi connectivity index (χ1v) is 13.9. The van der Waals surface area contributed by atoms with Crippen molar-refractivity contribution in [3.05, 3.63) is 29.5 Å². The number of rotatable bonds is 11. The summed E-state index contributed by atoms with van der Waals surface area (Å²) in [6.45, 7) is 10.4. The van der Waals surface area contributed by atoms with Crippen LogP contribution in [-0.4, -0.2) is 58.0 Å². The van der Waals surface area contributed by atoms with Crippen molar-refractivity contribution >= 4 is 23.1 Å². The Balaban J connectivity index is 1.23. The van der Waals surface area contributed by atoms with Gasteiger partial charge in [0.05, 0.1) is 11.0 Å². The first-order valence-electron chi connectivity index (χ1n) is 13.9. The van der Waals surface area contributed by atoms with Gasteiger partial charge in [-0.15, -0.1) is 0 Å². The fourth-order valence-corrected chi connectivity index (χ4v) is 5.06. The lowest BCUT2D eigenvalue weighted by molar-refractivity contribution is -0.142. The van der Waals surface area contributed by atoms with E-state index in [0.29, 0.717) is 17.8 Å². The number of hydrogen-bond donors (Lipinski definition) is 3. The van der Waals surface area contributed by atoms with Crippen LogP contribution in [0.5, 0.6) is 5.88 Å². The number of alkyl carbamates (subject to hydrolysis) is 1. The van der Waals surface area contributed by atoms with Crippen LogP contribution in [0, 0.1) is 18.3 Å². The third kappa shape index (κ3) is 7.56. The van der Waals surface area contributed by atoms with Crippen LogP contribution in [-0.2, 0) is 16.0 Å². The minimum absolute atomic E-state index is 0.110. The summed E-state index contributed by atoms with van der Waals surface area (Å²) in [7, 11) is 0. The quantitative estimate of drug-likeness (QED) is 0.358. The maximum Gasteiger partial charge on any atom is 0.408 e. The Morgan fingerprint density at radius 2 is 1.95 bits per heavy atom. The predicted molar refractivity (Wildman–Crippen MR) is 145 cm³/mol. The Morgan fingerprint density at radius 3 is 2.63 bits per heavy atom. The van der Waals surface area contributed by atoms with Gasteiger partial charge in [0.1, 0.15) is 23.9 Å². The molecule has 3 N–H and O–H groups in total. The summed E-state index contributed by atoms with van der Waals surface area (Å²) in [5.41, 5.74) is 3.22. The average molecular weight is 527 g/mol. The van der Waals surface area contributed by atoms with E-state index in [0.717, 1.165) is 73.8 Å². The Hall–Kier alpha value is -2.94. The first kappa shape index (κ1) is 28.1. The van der Waals surface area contributed by atoms with Crippen LogP contribution in [0.4, 0.5) is 4.79 Å². The predicted octanol–water partition coefficient (Wildman–Crippen LogP) is 4.78. The summed E-state index contributed by atoms with van der Waals surface area (Å²) < 4.78 is 11.8. The van der Waals surface area contributed by atoms with Crippen LogP contribution in [0.3, 0.4) is 0 Å². The van der Waals surface area contributed by atoms with Gasteiger partial charge in [0, 0.05) is 19.0 Å². The van der Waals surface area contributed by atoms with E-state index in [1.165, 1.54) is 0 Å². The summed E-state index contributed by atoms with van der Waals surface area (Å²) in [6.07, 6.45) is 5.97. The zero-order chi connectivity index (χ0) is 27.4. The molecular formula is C29H42N4O5. The van der Waals surface area contributed by atoms with Crippen molar-refractivity contribution in [2.75, 3.05) is 6.54 Å². The molecule has 2 aliphatic rings. The molecule has 2 heterocycles. The Kier molecular flexibility index (Phi) is 8.75. The molecule has 1 saturated carbocycles. The molecule has 1 aliphatic carbocycles. The maximum absolute atomic E-state index is 12.2. The van der Waals surface area contributed by atoms with Crippen LogP contribution in [0.2, 0.25) is 0 Å². The van der Waals surface area contributed by atoms with E-state index < -0.39 is 23.5 Å². The van der Waals surface area contributed by atoms with Gasteiger partial charge in [0.15, 0.2) is 0 Å². The molecule has 9 nitrogen and oxygen atoms in total. The van der Waals surface area contributed by atoms with Crippen molar-refractivity contribution in [3.63, 3.8) is 0 Å². The van der Waals surface area contributed by atoms with E-state index in [1.807, 2.05) is 12.1 Å². The summed E-state index contributed by atoms with van der Waals surface area (Å²) in [5, 5.41) is 15.3. The van der Waals surface area contributed by atoms with Gasteiger partial charge >= 0.3 is 12.1 Å². The number of aromatic nitrogens is 2. The molecule has 1 saturated heterocycles. The number of hydrogen-bond acceptors (Lipinski definition) is 7. The number of nitrogens with one attached hydrogen (secondary N) is 2. The molecular weight excluding hydrogens is 484 g/mol. The van der Waals surface area contributed by atoms with Crippen molar-refractivity contribution in [2.45, 2.75) is 104 Å². The first-order chi connectivity index (χ1) is 18.0. The summed E-state index contributed by atoms with van der Waals surface area (Å²) in [4.78, 5) is 33.4. The lowest BCUT2D eigenvalue weighted by Crippen LogP contribution is -2.49. The van der Waals surface area contributed by atoms with E-state index in [4.69, 9.17) is 19.4 Å². The molecule has 1 aromatic carbocycles. The topological polar surface area (TPSA) is 123 Å². The van der Waals surface area contributed by atoms with Gasteiger partial charge in [-0.3, -0.25) is 0 Å². The molecule has 0 bridgehead atoms. The van der Waals surface area contributed by atoms with E-state index in [2.05, 4.69) is 30.5 Å². The highest BCUT2D eigenvalue weighted by molar-refractivity contribution is 5.80. The molecule has 0 radical (unpaired) electrons. The zero-order valence-electron chi connectivity index (χ0n) is 23.3. The summed E-state index contributed by atoms with van der Waals surface area (Å²) in [5.74, 6) is -0.0604. The van der Waals surface area contributed by atoms with Crippen LogP contribution in [0.25, 0.3) is 11.0 Å². The lowest BCUT2D eigenvalue weighted by Gasteiger charge is -2.27. The largest absolute Gasteiger partial charge is 0.480 e. The number of nitrogens with zero attached hydrogens (tertiary/aromatic N) is 2. The molecule has 0 spiro atoms. The number of aryl methyl sites for hydroxylation is 2. The molecule has 9 heteroatoms. The number of carboxylic acids is 1. The molecule has 4 rings (SSSR count). The Morgan fingerprint density at radius 1 is 1.16 bits per heavy atom. The third-order valence-electron chi connectivity index (χ3n) is 7.42. The number of ether oxygens (including phenoxy) is 2. The molecule has 2 fully saturated rings. The van der Waals surface area contributed by atoms with Gasteiger partial charge in [0.25, 0.3) is 0 Å². The summed E-state index contributed by atoms with van der Waals surface area (Å²) >= 11 is 0. The minimum atomic E-state index is -1.06. The lowest BCUT2D eigenvalue weighted by atomic mass is 9.87. The zero-order valence-corrected chi connectivity index (χ0v) is 23.3. The molecule has 1 aromatic heterocycles. The monoisotopic (exact) mass is 526 g/mol. The third-order valence-corrected chi connectivity index (χ3v) is 7.42. The van der Waals surface area contributed by atoms with Crippen LogP contribution in [0.1, 0.15) is 77.5 Å². The van der Waals surface area contributed by atoms with E-state index in [1.54, 1.807) is 20.8 Å². The summed E-state index contributed by atoms with van der Waals surface area (Å²) in [6, 6.07) is 5.58. The average Bonchev–Trinajstić information content (AvgIpc) is 3.43. The van der Waals surface area contributed by atoms with Gasteiger partial charge in [0.2, 0.25) is 5.88 Å². The fraction of sp³-hybridized carbons (Fsp3) is 0.655. The standard InChI is InChI=1S/C29H42N4O5/c1-17-11-12-21-23(13-17)32-26(37-20-14-18(2)30-16-20)22(31-21)10-8-6-7-9-19-15-24(19)38-28(36)33-25(27(34)35)29(3,4)5/h11-13,18-20,24-25,30H,6-10,14-16H2,1-5H3,(H,33,36)(H,34,35)/t18-,19-,20?,24-,25?/m1/s1. The van der Waals surface area contributed by atoms with Crippen LogP contribution in [0.15, 0.2) is 18.2 Å². The highest BCUT2D eigenvalue weighted by Crippen LogP contribution is 2.38. The second-order valence-corrected chi connectivity index (χ2v) is 12.1. The number of unbranched alkanes of at least 4 members (excludes halogenated alkanes) is 2. The van der Waals surface area contributed by atoms with Gasteiger partial charge < -0.3 is 25.2 Å². The van der Waals surface area contributed by atoms with Crippen LogP contribution >= 0.6 is 0 Å². The minimum Gasteiger partial charge on any atom is -0.480 e.